The minimum atomic E-state index is 0.835. The highest BCUT2D eigenvalue weighted by Crippen LogP contribution is 2.35. The van der Waals surface area contributed by atoms with E-state index >= 15 is 0 Å². The van der Waals surface area contributed by atoms with Crippen LogP contribution in [0.4, 0.5) is 0 Å². The highest BCUT2D eigenvalue weighted by molar-refractivity contribution is 5.74. The van der Waals surface area contributed by atoms with Crippen molar-refractivity contribution in [1.82, 2.24) is 0 Å². The Hall–Kier alpha value is -4.68. The molecule has 0 aromatic heterocycles. The highest BCUT2D eigenvalue weighted by Gasteiger charge is 2.17. The topological polar surface area (TPSA) is 0 Å². The van der Waals surface area contributed by atoms with Crippen LogP contribution >= 0.6 is 0 Å². The van der Waals surface area contributed by atoms with Gasteiger partial charge in [0.1, 0.15) is 0 Å². The molecule has 6 aromatic rings. The van der Waals surface area contributed by atoms with Crippen molar-refractivity contribution in [2.45, 2.75) is 216 Å². The summed E-state index contributed by atoms with van der Waals surface area (Å²) in [6, 6.07) is 45.8. The van der Waals surface area contributed by atoms with E-state index in [2.05, 4.69) is 184 Å². The second-order valence-electron chi connectivity index (χ2n) is 16.1. The lowest BCUT2D eigenvalue weighted by Gasteiger charge is -2.22. The first-order chi connectivity index (χ1) is 33.7. The fourth-order valence-electron chi connectivity index (χ4n) is 8.30. The van der Waals surface area contributed by atoms with E-state index in [-0.39, 0.29) is 0 Å². The Morgan fingerprint density at radius 2 is 0.710 bits per heavy atom. The standard InChI is InChI=1S/C21H26.2C18H22.6C2H6/c1-4-16(5-2)13-17-7-11-21-19(14-17)9-8-18-12-15(3)6-10-20(18)21;1-4-14-7-9-17(10-8-14)18-12-15(5-2)11-16(6-3)13-18;1-4-14-7-9-17(10-8-14)18-12-11-15(5-2)16(6-3)13-18;6*1-2/h6-7,10-12,14,16H,4-5,8-9,13H2,1-3H3;2*7-13H,4-6H2,1-3H3;6*1-2H3. The van der Waals surface area contributed by atoms with Crippen LogP contribution in [0.5, 0.6) is 0 Å². The number of hydrogen-bond donors (Lipinski definition) is 0. The largest absolute Gasteiger partial charge is 0.0683 e. The van der Waals surface area contributed by atoms with Crippen molar-refractivity contribution in [3.05, 3.63) is 177 Å². The van der Waals surface area contributed by atoms with Crippen molar-refractivity contribution in [1.29, 1.82) is 0 Å². The summed E-state index contributed by atoms with van der Waals surface area (Å²) in [5, 5.41) is 0. The zero-order valence-corrected chi connectivity index (χ0v) is 48.9. The van der Waals surface area contributed by atoms with Gasteiger partial charge in [-0.3, -0.25) is 0 Å². The molecule has 69 heavy (non-hydrogen) atoms. The first-order valence-corrected chi connectivity index (χ1v) is 28.4. The number of hydrogen-bond acceptors (Lipinski definition) is 0. The van der Waals surface area contributed by atoms with Crippen molar-refractivity contribution in [2.75, 3.05) is 0 Å². The Morgan fingerprint density at radius 1 is 0.319 bits per heavy atom. The van der Waals surface area contributed by atoms with Crippen LogP contribution in [-0.2, 0) is 57.8 Å². The van der Waals surface area contributed by atoms with E-state index in [0.717, 1.165) is 44.4 Å². The summed E-state index contributed by atoms with van der Waals surface area (Å²) in [6.07, 6.45) is 12.9. The van der Waals surface area contributed by atoms with Crippen LogP contribution in [0, 0.1) is 12.8 Å². The summed E-state index contributed by atoms with van der Waals surface area (Å²) in [6.45, 7) is 44.1. The fraction of sp³-hybridized carbons (Fsp3) is 0.478. The molecule has 7 rings (SSSR count). The molecule has 0 heteroatoms. The van der Waals surface area contributed by atoms with Crippen molar-refractivity contribution < 1.29 is 0 Å². The Morgan fingerprint density at radius 3 is 1.13 bits per heavy atom. The monoisotopic (exact) mass is 935 g/mol. The molecule has 0 atom stereocenters. The lowest BCUT2D eigenvalue weighted by Crippen LogP contribution is -2.07. The van der Waals surface area contributed by atoms with Gasteiger partial charge < -0.3 is 0 Å². The molecule has 382 valence electrons. The van der Waals surface area contributed by atoms with Crippen LogP contribution in [0.1, 0.15) is 207 Å². The van der Waals surface area contributed by atoms with Crippen molar-refractivity contribution in [2.24, 2.45) is 5.92 Å². The van der Waals surface area contributed by atoms with Gasteiger partial charge in [0.05, 0.1) is 0 Å². The fourth-order valence-corrected chi connectivity index (χ4v) is 8.30. The molecule has 0 saturated heterocycles. The van der Waals surface area contributed by atoms with E-state index in [1.54, 1.807) is 5.56 Å². The molecule has 1 aliphatic rings. The molecule has 0 heterocycles. The van der Waals surface area contributed by atoms with E-state index in [9.17, 15) is 0 Å². The predicted octanol–water partition coefficient (Wildman–Crippen LogP) is 22.0. The predicted molar refractivity (Wildman–Crippen MR) is 320 cm³/mol. The molecular formula is C69H106. The van der Waals surface area contributed by atoms with E-state index in [1.165, 1.54) is 116 Å². The van der Waals surface area contributed by atoms with Gasteiger partial charge in [0.15, 0.2) is 0 Å². The van der Waals surface area contributed by atoms with E-state index in [1.807, 2.05) is 83.1 Å². The van der Waals surface area contributed by atoms with Gasteiger partial charge in [-0.2, -0.15) is 0 Å². The highest BCUT2D eigenvalue weighted by atomic mass is 14.2. The third kappa shape index (κ3) is 22.3. The van der Waals surface area contributed by atoms with Gasteiger partial charge in [-0.15, -0.1) is 0 Å². The van der Waals surface area contributed by atoms with Gasteiger partial charge >= 0.3 is 0 Å². The maximum Gasteiger partial charge on any atom is -0.0149 e. The number of rotatable bonds is 12. The minimum Gasteiger partial charge on any atom is -0.0683 e. The van der Waals surface area contributed by atoms with Gasteiger partial charge in [0.2, 0.25) is 0 Å². The molecule has 0 spiro atoms. The van der Waals surface area contributed by atoms with Crippen molar-refractivity contribution >= 4 is 0 Å². The average Bonchev–Trinajstić information content (AvgIpc) is 3.45. The normalized spacial score (nSPS) is 10.1. The van der Waals surface area contributed by atoms with Crippen molar-refractivity contribution in [3.63, 3.8) is 0 Å². The molecule has 0 nitrogen and oxygen atoms in total. The Kier molecular flexibility index (Phi) is 39.6. The SMILES string of the molecule is CC.CC.CC.CC.CC.CC.CCC(CC)Cc1ccc2c(c1)CCc1cc(C)ccc1-2.CCc1ccc(-c2cc(CC)cc(CC)c2)cc1.CCc1ccc(-c2ccc(CC)c(CC)c2)cc1. The molecule has 0 amide bonds. The zero-order chi connectivity index (χ0) is 52.7. The van der Waals surface area contributed by atoms with Crippen LogP contribution < -0.4 is 0 Å². The van der Waals surface area contributed by atoms with E-state index in [4.69, 9.17) is 0 Å². The van der Waals surface area contributed by atoms with Gasteiger partial charge in [-0.25, -0.2) is 0 Å². The molecule has 1 aliphatic carbocycles. The van der Waals surface area contributed by atoms with Crippen LogP contribution in [0.3, 0.4) is 0 Å². The molecular weight excluding hydrogens is 829 g/mol. The number of aryl methyl sites for hydroxylation is 9. The summed E-state index contributed by atoms with van der Waals surface area (Å²) in [4.78, 5) is 0. The maximum absolute atomic E-state index is 2.47. The van der Waals surface area contributed by atoms with Crippen LogP contribution in [0.25, 0.3) is 33.4 Å². The molecule has 0 unspecified atom stereocenters. The van der Waals surface area contributed by atoms with E-state index in [0.29, 0.717) is 0 Å². The number of fused-ring (bicyclic) bond motifs is 3. The number of benzene rings is 6. The summed E-state index contributed by atoms with van der Waals surface area (Å²) in [5.41, 5.74) is 22.9. The zero-order valence-electron chi connectivity index (χ0n) is 48.9. The van der Waals surface area contributed by atoms with Gasteiger partial charge in [-0.05, 0) is 154 Å². The Balaban J connectivity index is 0. The lowest BCUT2D eigenvalue weighted by molar-refractivity contribution is 0.490. The van der Waals surface area contributed by atoms with Crippen LogP contribution in [0.2, 0.25) is 0 Å². The second kappa shape index (κ2) is 41.1. The lowest BCUT2D eigenvalue weighted by atomic mass is 9.83. The van der Waals surface area contributed by atoms with E-state index < -0.39 is 0 Å². The third-order valence-corrected chi connectivity index (χ3v) is 12.3. The summed E-state index contributed by atoms with van der Waals surface area (Å²) < 4.78 is 0. The van der Waals surface area contributed by atoms with Gasteiger partial charge in [0, 0.05) is 0 Å². The smallest absolute Gasteiger partial charge is 0.0149 e. The quantitative estimate of drug-likeness (QED) is 0.115. The molecule has 6 aromatic carbocycles. The molecule has 0 aliphatic heterocycles. The molecule has 0 bridgehead atoms. The second-order valence-corrected chi connectivity index (χ2v) is 16.1. The minimum absolute atomic E-state index is 0.835. The third-order valence-electron chi connectivity index (χ3n) is 12.3. The van der Waals surface area contributed by atoms with Gasteiger partial charge in [0.25, 0.3) is 0 Å². The molecule has 0 radical (unpaired) electrons. The van der Waals surface area contributed by atoms with Crippen LogP contribution in [0.15, 0.2) is 121 Å². The molecule has 0 saturated carbocycles. The molecule has 0 fully saturated rings. The summed E-state index contributed by atoms with van der Waals surface area (Å²) in [5.74, 6) is 0.835. The Bertz CT molecular complexity index is 2120. The first-order valence-electron chi connectivity index (χ1n) is 28.4. The average molecular weight is 936 g/mol. The first kappa shape index (κ1) is 66.4. The maximum atomic E-state index is 2.47. The van der Waals surface area contributed by atoms with Crippen LogP contribution in [-0.4, -0.2) is 0 Å². The summed E-state index contributed by atoms with van der Waals surface area (Å²) >= 11 is 0. The summed E-state index contributed by atoms with van der Waals surface area (Å²) in [7, 11) is 0. The van der Waals surface area contributed by atoms with Gasteiger partial charge in [-0.1, -0.05) is 278 Å². The van der Waals surface area contributed by atoms with Crippen molar-refractivity contribution in [3.8, 4) is 33.4 Å². The Labute approximate surface area is 430 Å². The molecule has 0 N–H and O–H groups in total.